The molecule has 6 nitrogen and oxygen atoms in total. The molecule has 0 aromatic carbocycles. The van der Waals surface area contributed by atoms with Crippen LogP contribution in [0.25, 0.3) is 0 Å². The maximum absolute atomic E-state index is 11.0. The lowest BCUT2D eigenvalue weighted by Gasteiger charge is -1.99. The van der Waals surface area contributed by atoms with E-state index in [4.69, 9.17) is 9.90 Å². The van der Waals surface area contributed by atoms with E-state index < -0.39 is 18.2 Å². The molecule has 0 atom stereocenters. The number of carbonyl (C=O) groups excluding carboxylic acids is 1. The van der Waals surface area contributed by atoms with Gasteiger partial charge in [0.2, 0.25) is 0 Å². The van der Waals surface area contributed by atoms with Crippen molar-refractivity contribution in [3.8, 4) is 0 Å². The minimum Gasteiger partial charge on any atom is -0.464 e. The first kappa shape index (κ1) is 14.0. The van der Waals surface area contributed by atoms with Crippen LogP contribution in [-0.4, -0.2) is 30.5 Å². The van der Waals surface area contributed by atoms with Crippen molar-refractivity contribution in [1.82, 2.24) is 5.43 Å². The van der Waals surface area contributed by atoms with E-state index in [0.29, 0.717) is 7.11 Å². The number of alkyl halides is 3. The molecule has 0 aromatic heterocycles. The predicted octanol–water partition coefficient (Wildman–Crippen LogP) is -0.151. The van der Waals surface area contributed by atoms with Gasteiger partial charge < -0.3 is 9.84 Å². The Morgan fingerprint density at radius 3 is 1.77 bits per heavy atom. The van der Waals surface area contributed by atoms with Crippen molar-refractivity contribution in [2.45, 2.75) is 6.18 Å². The normalized spacial score (nSPS) is 9.31. The van der Waals surface area contributed by atoms with Crippen molar-refractivity contribution in [3.63, 3.8) is 0 Å². The number of amides is 1. The highest BCUT2D eigenvalue weighted by Gasteiger charge is 2.39. The third kappa shape index (κ3) is 10.5. The van der Waals surface area contributed by atoms with E-state index in [9.17, 15) is 18.0 Å². The Balaban J connectivity index is 0. The monoisotopic (exact) mass is 204 g/mol. The second-order valence-electron chi connectivity index (χ2n) is 1.44. The van der Waals surface area contributed by atoms with E-state index in [1.165, 1.54) is 5.43 Å². The third-order valence-corrected chi connectivity index (χ3v) is 0.540. The standard InChI is InChI=1S/C3H3F3O2.CH4N2O2/c1-8-2(7)3(4,5)6;2-3-1(4)5/h1H3;3H,2H2,(H,4,5). The molecule has 4 N–H and O–H groups in total. The lowest BCUT2D eigenvalue weighted by Crippen LogP contribution is -2.27. The van der Waals surface area contributed by atoms with Gasteiger partial charge in [0.25, 0.3) is 0 Å². The highest BCUT2D eigenvalue weighted by atomic mass is 19.4. The summed E-state index contributed by atoms with van der Waals surface area (Å²) in [5.74, 6) is 2.15. The van der Waals surface area contributed by atoms with Gasteiger partial charge >= 0.3 is 18.2 Å². The number of hydrogen-bond donors (Lipinski definition) is 3. The maximum Gasteiger partial charge on any atom is 0.490 e. The molecule has 0 aliphatic rings. The highest BCUT2D eigenvalue weighted by molar-refractivity contribution is 5.75. The van der Waals surface area contributed by atoms with Gasteiger partial charge in [0.15, 0.2) is 0 Å². The summed E-state index contributed by atoms with van der Waals surface area (Å²) in [6, 6.07) is 0. The Morgan fingerprint density at radius 1 is 1.46 bits per heavy atom. The fourth-order valence-electron chi connectivity index (χ4n) is 0.116. The predicted molar refractivity (Wildman–Crippen MR) is 33.4 cm³/mol. The number of carbonyl (C=O) groups is 2. The van der Waals surface area contributed by atoms with Crippen molar-refractivity contribution in [3.05, 3.63) is 0 Å². The van der Waals surface area contributed by atoms with E-state index in [1.807, 2.05) is 0 Å². The third-order valence-electron chi connectivity index (χ3n) is 0.540. The van der Waals surface area contributed by atoms with Gasteiger partial charge in [-0.05, 0) is 0 Å². The summed E-state index contributed by atoms with van der Waals surface area (Å²) in [5.41, 5.74) is 1.44. The Bertz CT molecular complexity index is 181. The molecule has 0 unspecified atom stereocenters. The van der Waals surface area contributed by atoms with Crippen molar-refractivity contribution in [2.75, 3.05) is 7.11 Å². The minimum absolute atomic E-state index is 0.676. The van der Waals surface area contributed by atoms with E-state index in [2.05, 4.69) is 10.6 Å². The fraction of sp³-hybridized carbons (Fsp3) is 0.500. The van der Waals surface area contributed by atoms with Crippen LogP contribution in [0.3, 0.4) is 0 Å². The SMILES string of the molecule is COC(=O)C(F)(F)F.NNC(=O)O. The lowest BCUT2D eigenvalue weighted by atomic mass is 10.7. The molecule has 1 amide bonds. The molecule has 0 bridgehead atoms. The molecule has 0 rings (SSSR count). The number of hydrogen-bond acceptors (Lipinski definition) is 4. The molecule has 0 aliphatic heterocycles. The number of rotatable bonds is 0. The minimum atomic E-state index is -4.85. The smallest absolute Gasteiger partial charge is 0.464 e. The number of esters is 1. The molecule has 0 aliphatic carbocycles. The van der Waals surface area contributed by atoms with Crippen LogP contribution in [0.1, 0.15) is 0 Å². The molecule has 9 heteroatoms. The van der Waals surface area contributed by atoms with Crippen molar-refractivity contribution < 1.29 is 32.6 Å². The average molecular weight is 204 g/mol. The van der Waals surface area contributed by atoms with E-state index in [1.54, 1.807) is 0 Å². The van der Waals surface area contributed by atoms with Gasteiger partial charge in [-0.1, -0.05) is 0 Å². The Kier molecular flexibility index (Phi) is 6.54. The Morgan fingerprint density at radius 2 is 1.77 bits per heavy atom. The maximum atomic E-state index is 11.0. The quantitative estimate of drug-likeness (QED) is 0.220. The highest BCUT2D eigenvalue weighted by Crippen LogP contribution is 2.15. The summed E-state index contributed by atoms with van der Waals surface area (Å²) in [5, 5.41) is 7.49. The molecule has 0 saturated heterocycles. The second kappa shape index (κ2) is 6.06. The fourth-order valence-corrected chi connectivity index (χ4v) is 0.116. The lowest BCUT2D eigenvalue weighted by molar-refractivity contribution is -0.196. The van der Waals surface area contributed by atoms with Crippen LogP contribution in [-0.2, 0) is 9.53 Å². The molecular formula is C4H7F3N2O4. The van der Waals surface area contributed by atoms with Crippen LogP contribution >= 0.6 is 0 Å². The first-order valence-electron chi connectivity index (χ1n) is 2.60. The summed E-state index contributed by atoms with van der Waals surface area (Å²) < 4.78 is 36.3. The molecule has 0 spiro atoms. The van der Waals surface area contributed by atoms with E-state index >= 15 is 0 Å². The molecule has 0 radical (unpaired) electrons. The first-order chi connectivity index (χ1) is 5.75. The summed E-state index contributed by atoms with van der Waals surface area (Å²) in [6.07, 6.45) is -6.07. The summed E-state index contributed by atoms with van der Waals surface area (Å²) in [7, 11) is 0.676. The first-order valence-corrected chi connectivity index (χ1v) is 2.60. The van der Waals surface area contributed by atoms with Crippen LogP contribution in [0, 0.1) is 0 Å². The largest absolute Gasteiger partial charge is 0.490 e. The zero-order valence-electron chi connectivity index (χ0n) is 6.38. The van der Waals surface area contributed by atoms with Gasteiger partial charge in [-0.2, -0.15) is 13.2 Å². The Labute approximate surface area is 70.4 Å². The number of carboxylic acid groups (broad SMARTS) is 1. The van der Waals surface area contributed by atoms with Crippen LogP contribution in [0.4, 0.5) is 18.0 Å². The summed E-state index contributed by atoms with van der Waals surface area (Å²) >= 11 is 0. The molecule has 0 aromatic rings. The van der Waals surface area contributed by atoms with Crippen molar-refractivity contribution in [2.24, 2.45) is 5.84 Å². The summed E-state index contributed by atoms with van der Waals surface area (Å²) in [4.78, 5) is 18.6. The van der Waals surface area contributed by atoms with Crippen LogP contribution in [0.15, 0.2) is 0 Å². The molecular weight excluding hydrogens is 197 g/mol. The van der Waals surface area contributed by atoms with Crippen LogP contribution < -0.4 is 11.3 Å². The number of methoxy groups -OCH3 is 1. The number of ether oxygens (including phenoxy) is 1. The van der Waals surface area contributed by atoms with Crippen LogP contribution in [0.2, 0.25) is 0 Å². The molecule has 0 heterocycles. The van der Waals surface area contributed by atoms with Gasteiger partial charge in [0.05, 0.1) is 7.11 Å². The number of nitrogens with two attached hydrogens (primary N) is 1. The zero-order chi connectivity index (χ0) is 11.1. The van der Waals surface area contributed by atoms with E-state index in [0.717, 1.165) is 0 Å². The molecule has 78 valence electrons. The molecule has 0 fully saturated rings. The van der Waals surface area contributed by atoms with Gasteiger partial charge in [0.1, 0.15) is 0 Å². The number of halogens is 3. The number of hydrazine groups is 1. The molecule has 0 saturated carbocycles. The second-order valence-corrected chi connectivity index (χ2v) is 1.44. The van der Waals surface area contributed by atoms with Gasteiger partial charge in [-0.3, -0.25) is 5.43 Å². The van der Waals surface area contributed by atoms with Crippen LogP contribution in [0.5, 0.6) is 0 Å². The molecule has 13 heavy (non-hydrogen) atoms. The van der Waals surface area contributed by atoms with Gasteiger partial charge in [0, 0.05) is 0 Å². The van der Waals surface area contributed by atoms with Crippen molar-refractivity contribution in [1.29, 1.82) is 0 Å². The summed E-state index contributed by atoms with van der Waals surface area (Å²) in [6.45, 7) is 0. The van der Waals surface area contributed by atoms with Gasteiger partial charge in [-0.15, -0.1) is 0 Å². The Hall–Kier alpha value is -1.51. The zero-order valence-corrected chi connectivity index (χ0v) is 6.38. The topological polar surface area (TPSA) is 102 Å². The average Bonchev–Trinajstić information content (AvgIpc) is 2.02. The van der Waals surface area contributed by atoms with E-state index in [-0.39, 0.29) is 0 Å². The number of nitrogens with one attached hydrogen (secondary N) is 1. The van der Waals surface area contributed by atoms with Gasteiger partial charge in [-0.25, -0.2) is 15.4 Å². The van der Waals surface area contributed by atoms with Crippen molar-refractivity contribution >= 4 is 12.1 Å².